The summed E-state index contributed by atoms with van der Waals surface area (Å²) < 4.78 is 39.0. The average Bonchev–Trinajstić information content (AvgIpc) is 3.30. The van der Waals surface area contributed by atoms with Crippen LogP contribution in [-0.4, -0.2) is 21.8 Å². The Morgan fingerprint density at radius 3 is 2.52 bits per heavy atom. The first-order valence-corrected chi connectivity index (χ1v) is 8.94. The van der Waals surface area contributed by atoms with Gasteiger partial charge in [0.15, 0.2) is 0 Å². The van der Waals surface area contributed by atoms with Gasteiger partial charge in [0.25, 0.3) is 5.91 Å². The van der Waals surface area contributed by atoms with Gasteiger partial charge >= 0.3 is 6.18 Å². The maximum Gasteiger partial charge on any atom is 0.416 e. The Morgan fingerprint density at radius 1 is 1.32 bits per heavy atom. The van der Waals surface area contributed by atoms with Gasteiger partial charge in [0.1, 0.15) is 4.88 Å². The van der Waals surface area contributed by atoms with Gasteiger partial charge in [-0.2, -0.15) is 13.2 Å². The number of benzene rings is 1. The summed E-state index contributed by atoms with van der Waals surface area (Å²) in [5.41, 5.74) is 0.480. The first-order valence-electron chi connectivity index (χ1n) is 8.12. The number of alkyl halides is 3. The molecule has 3 rings (SSSR count). The molecule has 0 saturated heterocycles. The predicted octanol–water partition coefficient (Wildman–Crippen LogP) is 5.14. The molecular formula is C18H19F3N2OS. The van der Waals surface area contributed by atoms with E-state index in [1.807, 2.05) is 6.92 Å². The van der Waals surface area contributed by atoms with Gasteiger partial charge in [-0.05, 0) is 51.3 Å². The maximum atomic E-state index is 13.0. The van der Waals surface area contributed by atoms with Crippen molar-refractivity contribution in [2.75, 3.05) is 0 Å². The maximum absolute atomic E-state index is 13.0. The van der Waals surface area contributed by atoms with E-state index in [2.05, 4.69) is 4.98 Å². The molecule has 134 valence electrons. The van der Waals surface area contributed by atoms with Gasteiger partial charge in [-0.3, -0.25) is 4.79 Å². The zero-order valence-electron chi connectivity index (χ0n) is 14.2. The van der Waals surface area contributed by atoms with Crippen LogP contribution in [0.15, 0.2) is 24.3 Å². The summed E-state index contributed by atoms with van der Waals surface area (Å²) in [6.07, 6.45) is -2.63. The van der Waals surface area contributed by atoms with E-state index in [9.17, 15) is 18.0 Å². The quantitative estimate of drug-likeness (QED) is 0.748. The summed E-state index contributed by atoms with van der Waals surface area (Å²) in [5, 5.41) is 0.809. The Bertz CT molecular complexity index is 796. The fraction of sp³-hybridized carbons (Fsp3) is 0.444. The van der Waals surface area contributed by atoms with Gasteiger partial charge in [-0.15, -0.1) is 11.3 Å². The molecule has 3 nitrogen and oxygen atoms in total. The predicted molar refractivity (Wildman–Crippen MR) is 90.6 cm³/mol. The zero-order chi connectivity index (χ0) is 18.4. The Kier molecular flexibility index (Phi) is 4.62. The van der Waals surface area contributed by atoms with Crippen LogP contribution in [0.2, 0.25) is 0 Å². The van der Waals surface area contributed by atoms with Crippen LogP contribution >= 0.6 is 11.3 Å². The SMILES string of the molecule is Cc1nc(C)c(C(=O)N(C2CC2)[C@@H](C)c2cccc(C(F)(F)F)c2)s1. The van der Waals surface area contributed by atoms with Crippen LogP contribution in [0.1, 0.15) is 57.3 Å². The number of nitrogens with zero attached hydrogens (tertiary/aromatic N) is 2. The first-order chi connectivity index (χ1) is 11.7. The zero-order valence-corrected chi connectivity index (χ0v) is 15.0. The number of amides is 1. The second kappa shape index (κ2) is 6.44. The molecule has 2 aromatic rings. The molecule has 1 aliphatic rings. The Hall–Kier alpha value is -1.89. The van der Waals surface area contributed by atoms with E-state index in [1.165, 1.54) is 17.4 Å². The molecule has 0 aliphatic heterocycles. The molecular weight excluding hydrogens is 349 g/mol. The van der Waals surface area contributed by atoms with Gasteiger partial charge in [0, 0.05) is 6.04 Å². The molecule has 7 heteroatoms. The van der Waals surface area contributed by atoms with Gasteiger partial charge in [0.2, 0.25) is 0 Å². The van der Waals surface area contributed by atoms with E-state index in [4.69, 9.17) is 0 Å². The fourth-order valence-electron chi connectivity index (χ4n) is 2.99. The van der Waals surface area contributed by atoms with Gasteiger partial charge in [0.05, 0.1) is 22.3 Å². The van der Waals surface area contributed by atoms with E-state index in [0.29, 0.717) is 16.1 Å². The number of thiazole rings is 1. The minimum atomic E-state index is -4.39. The largest absolute Gasteiger partial charge is 0.416 e. The molecule has 1 amide bonds. The summed E-state index contributed by atoms with van der Waals surface area (Å²) >= 11 is 1.33. The lowest BCUT2D eigenvalue weighted by molar-refractivity contribution is -0.137. The smallest absolute Gasteiger partial charge is 0.328 e. The van der Waals surface area contributed by atoms with Crippen LogP contribution < -0.4 is 0 Å². The molecule has 0 N–H and O–H groups in total. The Balaban J connectivity index is 1.93. The number of halogens is 3. The van der Waals surface area contributed by atoms with Crippen molar-refractivity contribution < 1.29 is 18.0 Å². The van der Waals surface area contributed by atoms with Crippen molar-refractivity contribution in [3.63, 3.8) is 0 Å². The number of carbonyl (C=O) groups is 1. The number of hydrogen-bond acceptors (Lipinski definition) is 3. The standard InChI is InChI=1S/C18H19F3N2OS/c1-10-16(25-12(3)22-10)17(24)23(15-7-8-15)11(2)13-5-4-6-14(9-13)18(19,20)21/h4-6,9,11,15H,7-8H2,1-3H3/t11-/m0/s1. The summed E-state index contributed by atoms with van der Waals surface area (Å²) in [6, 6.07) is 4.89. The minimum absolute atomic E-state index is 0.0823. The number of rotatable bonds is 4. The minimum Gasteiger partial charge on any atom is -0.328 e. The van der Waals surface area contributed by atoms with Crippen molar-refractivity contribution in [1.82, 2.24) is 9.88 Å². The summed E-state index contributed by atoms with van der Waals surface area (Å²) in [7, 11) is 0. The van der Waals surface area contributed by atoms with Gasteiger partial charge < -0.3 is 4.90 Å². The lowest BCUT2D eigenvalue weighted by Crippen LogP contribution is -2.35. The molecule has 1 aromatic heterocycles. The second-order valence-corrected chi connectivity index (χ2v) is 7.59. The van der Waals surface area contributed by atoms with Crippen molar-refractivity contribution in [3.8, 4) is 0 Å². The van der Waals surface area contributed by atoms with Gasteiger partial charge in [-0.1, -0.05) is 12.1 Å². The van der Waals surface area contributed by atoms with E-state index >= 15 is 0 Å². The molecule has 0 spiro atoms. The Labute approximate surface area is 148 Å². The highest BCUT2D eigenvalue weighted by Gasteiger charge is 2.38. The van der Waals surface area contributed by atoms with E-state index in [-0.39, 0.29) is 11.9 Å². The number of aromatic nitrogens is 1. The van der Waals surface area contributed by atoms with Crippen LogP contribution in [0.5, 0.6) is 0 Å². The third-order valence-electron chi connectivity index (χ3n) is 4.39. The van der Waals surface area contributed by atoms with E-state index in [1.54, 1.807) is 24.8 Å². The van der Waals surface area contributed by atoms with Crippen molar-refractivity contribution in [2.24, 2.45) is 0 Å². The average molecular weight is 368 g/mol. The molecule has 1 fully saturated rings. The highest BCUT2D eigenvalue weighted by molar-refractivity contribution is 7.13. The number of carbonyl (C=O) groups excluding carboxylic acids is 1. The van der Waals surface area contributed by atoms with Crippen molar-refractivity contribution >= 4 is 17.2 Å². The molecule has 1 heterocycles. The summed E-state index contributed by atoms with van der Waals surface area (Å²) in [4.78, 5) is 19.6. The second-order valence-electron chi connectivity index (χ2n) is 6.39. The highest BCUT2D eigenvalue weighted by Crippen LogP contribution is 2.38. The van der Waals surface area contributed by atoms with Crippen LogP contribution in [0, 0.1) is 13.8 Å². The van der Waals surface area contributed by atoms with Crippen LogP contribution in [0.3, 0.4) is 0 Å². The molecule has 0 bridgehead atoms. The van der Waals surface area contributed by atoms with Crippen molar-refractivity contribution in [2.45, 2.75) is 51.9 Å². The monoisotopic (exact) mass is 368 g/mol. The molecule has 1 aromatic carbocycles. The molecule has 1 aliphatic carbocycles. The van der Waals surface area contributed by atoms with E-state index < -0.39 is 17.8 Å². The topological polar surface area (TPSA) is 33.2 Å². The van der Waals surface area contributed by atoms with Crippen LogP contribution in [0.25, 0.3) is 0 Å². The third-order valence-corrected chi connectivity index (χ3v) is 5.45. The lowest BCUT2D eigenvalue weighted by Gasteiger charge is -2.30. The summed E-state index contributed by atoms with van der Waals surface area (Å²) in [5.74, 6) is -0.143. The van der Waals surface area contributed by atoms with Crippen LogP contribution in [0.4, 0.5) is 13.2 Å². The summed E-state index contributed by atoms with van der Waals surface area (Å²) in [6.45, 7) is 5.41. The molecule has 0 unspecified atom stereocenters. The third kappa shape index (κ3) is 3.71. The van der Waals surface area contributed by atoms with Crippen molar-refractivity contribution in [3.05, 3.63) is 51.0 Å². The molecule has 1 saturated carbocycles. The van der Waals surface area contributed by atoms with Crippen LogP contribution in [-0.2, 0) is 6.18 Å². The number of aryl methyl sites for hydroxylation is 2. The van der Waals surface area contributed by atoms with Crippen molar-refractivity contribution in [1.29, 1.82) is 0 Å². The Morgan fingerprint density at radius 2 is 2.00 bits per heavy atom. The number of hydrogen-bond donors (Lipinski definition) is 0. The molecule has 1 atom stereocenters. The fourth-order valence-corrected chi connectivity index (χ4v) is 3.86. The van der Waals surface area contributed by atoms with E-state index in [0.717, 1.165) is 30.0 Å². The molecule has 0 radical (unpaired) electrons. The molecule has 25 heavy (non-hydrogen) atoms. The first kappa shape index (κ1) is 17.9. The normalized spacial score (nSPS) is 15.9. The van der Waals surface area contributed by atoms with Gasteiger partial charge in [-0.25, -0.2) is 4.98 Å². The lowest BCUT2D eigenvalue weighted by atomic mass is 10.0. The highest BCUT2D eigenvalue weighted by atomic mass is 32.1.